The van der Waals surface area contributed by atoms with Crippen LogP contribution in [-0.4, -0.2) is 10.8 Å². The van der Waals surface area contributed by atoms with Crippen LogP contribution in [0, 0.1) is 0 Å². The molecule has 3 N–H and O–H groups in total. The van der Waals surface area contributed by atoms with Crippen LogP contribution in [0.4, 0.5) is 0 Å². The Hall–Kier alpha value is -0.0300. The first-order valence-corrected chi connectivity index (χ1v) is 4.00. The predicted molar refractivity (Wildman–Crippen MR) is 44.5 cm³/mol. The van der Waals surface area contributed by atoms with Gasteiger partial charge < -0.3 is 11.1 Å². The molecule has 50 valence electrons. The fourth-order valence-electron chi connectivity index (χ4n) is 0.429. The van der Waals surface area contributed by atoms with E-state index in [0.29, 0.717) is 5.84 Å². The molecule has 0 spiro atoms. The molecule has 3 nitrogen and oxygen atoms in total. The van der Waals surface area contributed by atoms with Crippen molar-refractivity contribution in [2.75, 3.05) is 0 Å². The van der Waals surface area contributed by atoms with E-state index in [-0.39, 0.29) is 4.95 Å². The summed E-state index contributed by atoms with van der Waals surface area (Å²) in [6.45, 7) is 0. The van der Waals surface area contributed by atoms with Crippen LogP contribution < -0.4 is 11.1 Å². The lowest BCUT2D eigenvalue weighted by atomic mass is 10.5. The van der Waals surface area contributed by atoms with E-state index in [1.807, 2.05) is 0 Å². The van der Waals surface area contributed by atoms with Gasteiger partial charge in [0.1, 0.15) is 10.8 Å². The molecule has 0 fully saturated rings. The van der Waals surface area contributed by atoms with Crippen molar-refractivity contribution in [1.29, 1.82) is 0 Å². The second kappa shape index (κ2) is 2.70. The van der Waals surface area contributed by atoms with Crippen LogP contribution in [0.1, 0.15) is 0 Å². The highest BCUT2D eigenvalue weighted by molar-refractivity contribution is 9.12. The second-order valence-electron chi connectivity index (χ2n) is 1.54. The first-order chi connectivity index (χ1) is 4.20. The Balaban J connectivity index is 2.74. The number of hydrogen-bond acceptors (Lipinski definition) is 3. The van der Waals surface area contributed by atoms with Crippen LogP contribution in [0.2, 0.25) is 0 Å². The molecule has 0 amide bonds. The highest BCUT2D eigenvalue weighted by atomic mass is 79.9. The number of alkyl halides is 1. The maximum atomic E-state index is 5.42. The highest BCUT2D eigenvalue weighted by Crippen LogP contribution is 2.10. The van der Waals surface area contributed by atoms with E-state index in [9.17, 15) is 0 Å². The summed E-state index contributed by atoms with van der Waals surface area (Å²) in [4.78, 5) is 3.82. The summed E-state index contributed by atoms with van der Waals surface area (Å²) in [6.07, 6.45) is 1.62. The molecule has 0 radical (unpaired) electrons. The number of nitrogens with zero attached hydrogens (tertiary/aromatic N) is 1. The third-order valence-electron chi connectivity index (χ3n) is 0.851. The van der Waals surface area contributed by atoms with Crippen LogP contribution in [0.5, 0.6) is 0 Å². The Bertz CT molecular complexity index is 175. The van der Waals surface area contributed by atoms with Gasteiger partial charge in [0.2, 0.25) is 0 Å². The van der Waals surface area contributed by atoms with Crippen molar-refractivity contribution in [2.45, 2.75) is 4.95 Å². The first-order valence-electron chi connectivity index (χ1n) is 2.29. The molecule has 0 aromatic carbocycles. The van der Waals surface area contributed by atoms with Crippen molar-refractivity contribution in [2.24, 2.45) is 10.7 Å². The molecule has 1 rings (SSSR count). The minimum absolute atomic E-state index is 0.0446. The van der Waals surface area contributed by atoms with Crippen molar-refractivity contribution < 1.29 is 0 Å². The van der Waals surface area contributed by atoms with Crippen LogP contribution in [-0.2, 0) is 0 Å². The zero-order valence-electron chi connectivity index (χ0n) is 4.44. The van der Waals surface area contributed by atoms with Gasteiger partial charge in [-0.15, -0.1) is 0 Å². The minimum atomic E-state index is -0.0446. The SMILES string of the molecule is NC1=NC=C(Br)NC1Br. The smallest absolute Gasteiger partial charge is 0.140 e. The normalized spacial score (nSPS) is 26.2. The molecule has 0 bridgehead atoms. The van der Waals surface area contributed by atoms with Crippen molar-refractivity contribution in [1.82, 2.24) is 5.32 Å². The maximum absolute atomic E-state index is 5.42. The van der Waals surface area contributed by atoms with E-state index in [0.717, 1.165) is 4.61 Å². The molecular formula is C4H5Br2N3. The molecule has 1 unspecified atom stereocenters. The first kappa shape index (κ1) is 7.08. The lowest BCUT2D eigenvalue weighted by molar-refractivity contribution is 0.926. The van der Waals surface area contributed by atoms with Crippen LogP contribution in [0.25, 0.3) is 0 Å². The third-order valence-corrected chi connectivity index (χ3v) is 1.98. The quantitative estimate of drug-likeness (QED) is 0.498. The molecule has 0 aromatic rings. The fourth-order valence-corrected chi connectivity index (χ4v) is 1.43. The van der Waals surface area contributed by atoms with E-state index in [2.05, 4.69) is 42.2 Å². The highest BCUT2D eigenvalue weighted by Gasteiger charge is 2.11. The van der Waals surface area contributed by atoms with Gasteiger partial charge in [-0.3, -0.25) is 0 Å². The molecule has 1 aliphatic rings. The average Bonchev–Trinajstić information content (AvgIpc) is 1.80. The number of nitrogens with one attached hydrogen (secondary N) is 1. The number of amidine groups is 1. The zero-order valence-corrected chi connectivity index (χ0v) is 7.61. The van der Waals surface area contributed by atoms with Gasteiger partial charge in [0.25, 0.3) is 0 Å². The van der Waals surface area contributed by atoms with Gasteiger partial charge in [-0.25, -0.2) is 4.99 Å². The largest absolute Gasteiger partial charge is 0.385 e. The summed E-state index contributed by atoms with van der Waals surface area (Å²) < 4.78 is 0.832. The molecular weight excluding hydrogens is 250 g/mol. The van der Waals surface area contributed by atoms with Gasteiger partial charge >= 0.3 is 0 Å². The van der Waals surface area contributed by atoms with Crippen LogP contribution in [0.3, 0.4) is 0 Å². The molecule has 0 saturated heterocycles. The zero-order chi connectivity index (χ0) is 6.85. The Kier molecular flexibility index (Phi) is 2.13. The molecule has 1 aliphatic heterocycles. The summed E-state index contributed by atoms with van der Waals surface area (Å²) in [7, 11) is 0. The van der Waals surface area contributed by atoms with Gasteiger partial charge in [0.15, 0.2) is 0 Å². The fraction of sp³-hybridized carbons (Fsp3) is 0.250. The van der Waals surface area contributed by atoms with Crippen molar-refractivity contribution in [3.8, 4) is 0 Å². The van der Waals surface area contributed by atoms with E-state index in [4.69, 9.17) is 5.73 Å². The van der Waals surface area contributed by atoms with Gasteiger partial charge in [0.05, 0.1) is 10.8 Å². The molecule has 5 heteroatoms. The number of nitrogens with two attached hydrogens (primary N) is 1. The van der Waals surface area contributed by atoms with E-state index in [1.165, 1.54) is 0 Å². The monoisotopic (exact) mass is 253 g/mol. The number of rotatable bonds is 0. The summed E-state index contributed by atoms with van der Waals surface area (Å²) in [5.74, 6) is 0.540. The summed E-state index contributed by atoms with van der Waals surface area (Å²) in [5.41, 5.74) is 5.42. The lowest BCUT2D eigenvalue weighted by Gasteiger charge is -2.14. The van der Waals surface area contributed by atoms with Crippen molar-refractivity contribution in [3.05, 3.63) is 10.8 Å². The molecule has 0 aromatic heterocycles. The predicted octanol–water partition coefficient (Wildman–Crippen LogP) is 0.862. The Morgan fingerprint density at radius 1 is 1.78 bits per heavy atom. The van der Waals surface area contributed by atoms with Crippen molar-refractivity contribution >= 4 is 37.7 Å². The number of aliphatic imine (C=N–C) groups is 1. The summed E-state index contributed by atoms with van der Waals surface area (Å²) in [5, 5.41) is 2.97. The van der Waals surface area contributed by atoms with Gasteiger partial charge in [-0.05, 0) is 15.9 Å². The maximum Gasteiger partial charge on any atom is 0.140 e. The summed E-state index contributed by atoms with van der Waals surface area (Å²) in [6, 6.07) is 0. The second-order valence-corrected chi connectivity index (χ2v) is 3.31. The van der Waals surface area contributed by atoms with Crippen LogP contribution in [0.15, 0.2) is 15.8 Å². The molecule has 9 heavy (non-hydrogen) atoms. The van der Waals surface area contributed by atoms with Crippen molar-refractivity contribution in [3.63, 3.8) is 0 Å². The summed E-state index contributed by atoms with van der Waals surface area (Å²) >= 11 is 6.47. The van der Waals surface area contributed by atoms with Gasteiger partial charge in [-0.2, -0.15) is 0 Å². The average molecular weight is 255 g/mol. The Labute approximate surface area is 69.7 Å². The lowest BCUT2D eigenvalue weighted by Crippen LogP contribution is -2.36. The van der Waals surface area contributed by atoms with Gasteiger partial charge in [0, 0.05) is 0 Å². The van der Waals surface area contributed by atoms with E-state index in [1.54, 1.807) is 6.20 Å². The number of halogens is 2. The topological polar surface area (TPSA) is 50.4 Å². The van der Waals surface area contributed by atoms with Gasteiger partial charge in [-0.1, -0.05) is 15.9 Å². The van der Waals surface area contributed by atoms with E-state index >= 15 is 0 Å². The molecule has 1 heterocycles. The third kappa shape index (κ3) is 1.69. The Morgan fingerprint density at radius 3 is 2.89 bits per heavy atom. The molecule has 1 atom stereocenters. The standard InChI is InChI=1S/C4H5Br2N3/c5-2-1-8-4(7)3(6)9-2/h1,3,9H,(H2,7,8). The molecule has 0 aliphatic carbocycles. The van der Waals surface area contributed by atoms with E-state index < -0.39 is 0 Å². The minimum Gasteiger partial charge on any atom is -0.385 e. The Morgan fingerprint density at radius 2 is 2.44 bits per heavy atom. The molecule has 0 saturated carbocycles. The number of hydrogen-bond donors (Lipinski definition) is 2. The van der Waals surface area contributed by atoms with Crippen LogP contribution >= 0.6 is 31.9 Å².